The Bertz CT molecular complexity index is 1130. The number of fused-ring (bicyclic) bond motifs is 2. The van der Waals surface area contributed by atoms with Crippen LogP contribution >= 0.6 is 24.4 Å². The Morgan fingerprint density at radius 1 is 0.724 bits per heavy atom. The van der Waals surface area contributed by atoms with Crippen molar-refractivity contribution in [3.63, 3.8) is 0 Å². The SMILES string of the molecule is NC(=S)N/N=C1\c2ccccc2/C(=N\NC(N)=S)C1c1cccc2ccccc12. The number of nitrogens with one attached hydrogen (secondary N) is 2. The van der Waals surface area contributed by atoms with Gasteiger partial charge in [-0.3, -0.25) is 10.9 Å². The van der Waals surface area contributed by atoms with E-state index in [-0.39, 0.29) is 16.1 Å². The van der Waals surface area contributed by atoms with E-state index in [0.717, 1.165) is 38.9 Å². The first kappa shape index (κ1) is 19.0. The summed E-state index contributed by atoms with van der Waals surface area (Å²) in [7, 11) is 0. The molecule has 0 heterocycles. The van der Waals surface area contributed by atoms with E-state index in [2.05, 4.69) is 45.3 Å². The zero-order chi connectivity index (χ0) is 20.4. The molecule has 1 aliphatic rings. The van der Waals surface area contributed by atoms with Crippen molar-refractivity contribution in [2.75, 3.05) is 0 Å². The van der Waals surface area contributed by atoms with Gasteiger partial charge in [0.1, 0.15) is 0 Å². The molecule has 0 radical (unpaired) electrons. The van der Waals surface area contributed by atoms with E-state index < -0.39 is 0 Å². The molecule has 4 rings (SSSR count). The second-order valence-corrected chi connectivity index (χ2v) is 7.37. The molecule has 0 atom stereocenters. The predicted molar refractivity (Wildman–Crippen MR) is 126 cm³/mol. The van der Waals surface area contributed by atoms with Crippen molar-refractivity contribution >= 4 is 56.9 Å². The van der Waals surface area contributed by atoms with Crippen molar-refractivity contribution in [3.8, 4) is 0 Å². The highest BCUT2D eigenvalue weighted by Crippen LogP contribution is 2.38. The Labute approximate surface area is 178 Å². The van der Waals surface area contributed by atoms with Gasteiger partial charge in [-0.2, -0.15) is 10.2 Å². The Kier molecular flexibility index (Phi) is 5.20. The van der Waals surface area contributed by atoms with Gasteiger partial charge in [0.2, 0.25) is 0 Å². The maximum absolute atomic E-state index is 5.64. The number of hydrogen-bond acceptors (Lipinski definition) is 4. The lowest BCUT2D eigenvalue weighted by Crippen LogP contribution is -2.29. The minimum atomic E-state index is -0.262. The van der Waals surface area contributed by atoms with Crippen molar-refractivity contribution in [2.24, 2.45) is 21.7 Å². The van der Waals surface area contributed by atoms with Gasteiger partial charge in [-0.1, -0.05) is 66.7 Å². The number of rotatable bonds is 3. The third kappa shape index (κ3) is 3.67. The first-order valence-electron chi connectivity index (χ1n) is 8.89. The molecule has 144 valence electrons. The van der Waals surface area contributed by atoms with Crippen LogP contribution in [0.2, 0.25) is 0 Å². The maximum atomic E-state index is 5.64. The number of thiocarbonyl (C=S) groups is 2. The molecule has 0 spiro atoms. The molecular weight excluding hydrogens is 400 g/mol. The molecule has 0 unspecified atom stereocenters. The average Bonchev–Trinajstić information content (AvgIpc) is 3.03. The Hall–Kier alpha value is -3.36. The Morgan fingerprint density at radius 2 is 1.24 bits per heavy atom. The number of hydrogen-bond donors (Lipinski definition) is 4. The number of benzene rings is 3. The maximum Gasteiger partial charge on any atom is 0.184 e. The highest BCUT2D eigenvalue weighted by molar-refractivity contribution is 7.80. The quantitative estimate of drug-likeness (QED) is 0.385. The van der Waals surface area contributed by atoms with Gasteiger partial charge in [-0.15, -0.1) is 0 Å². The summed E-state index contributed by atoms with van der Waals surface area (Å²) in [6, 6.07) is 22.3. The van der Waals surface area contributed by atoms with Crippen LogP contribution in [0.4, 0.5) is 0 Å². The molecule has 3 aromatic carbocycles. The van der Waals surface area contributed by atoms with E-state index in [9.17, 15) is 0 Å². The lowest BCUT2D eigenvalue weighted by molar-refractivity contribution is 0.994. The molecule has 0 aromatic heterocycles. The minimum absolute atomic E-state index is 0.0956. The average molecular weight is 419 g/mol. The van der Waals surface area contributed by atoms with Crippen molar-refractivity contribution in [1.29, 1.82) is 0 Å². The fourth-order valence-corrected chi connectivity index (χ4v) is 3.74. The smallest absolute Gasteiger partial charge is 0.184 e. The molecule has 0 aliphatic heterocycles. The van der Waals surface area contributed by atoms with Crippen molar-refractivity contribution < 1.29 is 0 Å². The van der Waals surface area contributed by atoms with E-state index >= 15 is 0 Å². The zero-order valence-electron chi connectivity index (χ0n) is 15.3. The van der Waals surface area contributed by atoms with Gasteiger partial charge in [0, 0.05) is 11.1 Å². The molecule has 0 bridgehead atoms. The number of hydrazone groups is 2. The molecule has 0 saturated heterocycles. The largest absolute Gasteiger partial charge is 0.375 e. The molecular formula is C21H18N6S2. The van der Waals surface area contributed by atoms with E-state index in [4.69, 9.17) is 35.9 Å². The van der Waals surface area contributed by atoms with Crippen molar-refractivity contribution in [3.05, 3.63) is 83.4 Å². The molecule has 3 aromatic rings. The van der Waals surface area contributed by atoms with Gasteiger partial charge in [-0.05, 0) is 40.8 Å². The summed E-state index contributed by atoms with van der Waals surface area (Å²) in [5.74, 6) is -0.262. The molecule has 1 aliphatic carbocycles. The van der Waals surface area contributed by atoms with E-state index in [0.29, 0.717) is 0 Å². The van der Waals surface area contributed by atoms with Gasteiger partial charge < -0.3 is 11.5 Å². The summed E-state index contributed by atoms with van der Waals surface area (Å²) < 4.78 is 0. The molecule has 0 saturated carbocycles. The normalized spacial score (nSPS) is 16.1. The van der Waals surface area contributed by atoms with Crippen LogP contribution < -0.4 is 22.3 Å². The second kappa shape index (κ2) is 7.94. The molecule has 0 fully saturated rings. The van der Waals surface area contributed by atoms with Crippen LogP contribution in [-0.2, 0) is 0 Å². The Morgan fingerprint density at radius 3 is 1.83 bits per heavy atom. The fourth-order valence-electron chi connectivity index (χ4n) is 3.65. The van der Waals surface area contributed by atoms with Crippen LogP contribution in [0.1, 0.15) is 22.6 Å². The highest BCUT2D eigenvalue weighted by Gasteiger charge is 2.37. The Balaban J connectivity index is 1.98. The lowest BCUT2D eigenvalue weighted by Gasteiger charge is -2.16. The predicted octanol–water partition coefficient (Wildman–Crippen LogP) is 2.71. The standard InChI is InChI=1S/C21H18N6S2/c22-20(28)26-24-18-15-9-3-4-10-16(15)19(25-27-21(23)29)17(18)14-11-5-7-12-6-1-2-8-13(12)14/h1-11,17H,(H3,22,26,28)(H3,23,27,29)/b24-18+,25-19+. The minimum Gasteiger partial charge on any atom is -0.375 e. The molecule has 8 heteroatoms. The van der Waals surface area contributed by atoms with Gasteiger partial charge in [-0.25, -0.2) is 0 Å². The van der Waals surface area contributed by atoms with Crippen LogP contribution in [0.15, 0.2) is 76.9 Å². The number of nitrogens with zero attached hydrogens (tertiary/aromatic N) is 2. The summed E-state index contributed by atoms with van der Waals surface area (Å²) in [4.78, 5) is 0. The van der Waals surface area contributed by atoms with E-state index in [1.807, 2.05) is 42.5 Å². The monoisotopic (exact) mass is 418 g/mol. The lowest BCUT2D eigenvalue weighted by atomic mass is 9.89. The van der Waals surface area contributed by atoms with Crippen molar-refractivity contribution in [2.45, 2.75) is 5.92 Å². The molecule has 6 nitrogen and oxygen atoms in total. The summed E-state index contributed by atoms with van der Waals surface area (Å²) in [5.41, 5.74) is 21.2. The van der Waals surface area contributed by atoms with Crippen LogP contribution in [0.3, 0.4) is 0 Å². The highest BCUT2D eigenvalue weighted by atomic mass is 32.1. The number of nitrogens with two attached hydrogens (primary N) is 2. The topological polar surface area (TPSA) is 101 Å². The fraction of sp³-hybridized carbons (Fsp3) is 0.0476. The summed E-state index contributed by atoms with van der Waals surface area (Å²) >= 11 is 9.92. The first-order valence-corrected chi connectivity index (χ1v) is 9.71. The molecule has 0 amide bonds. The van der Waals surface area contributed by atoms with Gasteiger partial charge in [0.25, 0.3) is 0 Å². The van der Waals surface area contributed by atoms with Crippen LogP contribution in [0.25, 0.3) is 10.8 Å². The second-order valence-electron chi connectivity index (χ2n) is 6.49. The summed E-state index contributed by atoms with van der Waals surface area (Å²) in [5, 5.41) is 11.5. The van der Waals surface area contributed by atoms with Gasteiger partial charge in [0.15, 0.2) is 10.2 Å². The summed E-state index contributed by atoms with van der Waals surface area (Å²) in [6.45, 7) is 0. The van der Waals surface area contributed by atoms with E-state index in [1.54, 1.807) is 0 Å². The van der Waals surface area contributed by atoms with Gasteiger partial charge in [0.05, 0.1) is 17.3 Å². The van der Waals surface area contributed by atoms with E-state index in [1.165, 1.54) is 0 Å². The zero-order valence-corrected chi connectivity index (χ0v) is 16.9. The summed E-state index contributed by atoms with van der Waals surface area (Å²) in [6.07, 6.45) is 0. The van der Waals surface area contributed by atoms with Crippen LogP contribution in [0, 0.1) is 0 Å². The van der Waals surface area contributed by atoms with Gasteiger partial charge >= 0.3 is 0 Å². The van der Waals surface area contributed by atoms with Crippen molar-refractivity contribution in [1.82, 2.24) is 10.9 Å². The molecule has 6 N–H and O–H groups in total. The third-order valence-corrected chi connectivity index (χ3v) is 4.92. The van der Waals surface area contributed by atoms with Crippen LogP contribution in [-0.4, -0.2) is 21.6 Å². The van der Waals surface area contributed by atoms with Crippen LogP contribution in [0.5, 0.6) is 0 Å². The first-order chi connectivity index (χ1) is 14.1. The third-order valence-electron chi connectivity index (χ3n) is 4.73. The molecule has 29 heavy (non-hydrogen) atoms.